The Labute approximate surface area is 150 Å². The largest absolute Gasteiger partial charge is 0.493 e. The molecule has 0 unspecified atom stereocenters. The highest BCUT2D eigenvalue weighted by Crippen LogP contribution is 2.31. The molecular weight excluding hydrogens is 336 g/mol. The Hall–Kier alpha value is -3.35. The van der Waals surface area contributed by atoms with Crippen molar-refractivity contribution in [3.63, 3.8) is 0 Å². The van der Waals surface area contributed by atoms with Gasteiger partial charge < -0.3 is 18.7 Å². The highest BCUT2D eigenvalue weighted by atomic mass is 16.6. The van der Waals surface area contributed by atoms with E-state index in [1.54, 1.807) is 44.6 Å². The second-order valence-corrected chi connectivity index (χ2v) is 5.52. The lowest BCUT2D eigenvalue weighted by Crippen LogP contribution is -2.05. The average Bonchev–Trinajstić information content (AvgIpc) is 3.15. The highest BCUT2D eigenvalue weighted by Gasteiger charge is 2.14. The number of ether oxygens (including phenoxy) is 3. The van der Waals surface area contributed by atoms with E-state index in [1.165, 1.54) is 0 Å². The molecule has 0 fully saturated rings. The number of hydrogen-bond acceptors (Lipinski definition) is 7. The molecule has 1 aromatic heterocycles. The van der Waals surface area contributed by atoms with E-state index in [2.05, 4.69) is 10.1 Å². The van der Waals surface area contributed by atoms with Gasteiger partial charge in [-0.25, -0.2) is 4.79 Å². The summed E-state index contributed by atoms with van der Waals surface area (Å²) in [6, 6.07) is 12.4. The molecule has 3 aromatic rings. The van der Waals surface area contributed by atoms with Crippen LogP contribution < -0.4 is 9.47 Å². The van der Waals surface area contributed by atoms with Crippen LogP contribution in [-0.2, 0) is 11.3 Å². The summed E-state index contributed by atoms with van der Waals surface area (Å²) in [5, 5.41) is 3.91. The van der Waals surface area contributed by atoms with E-state index in [9.17, 15) is 4.79 Å². The number of carbonyl (C=O) groups excluding carboxylic acids is 1. The lowest BCUT2D eigenvalue weighted by molar-refractivity contribution is 0.0430. The van der Waals surface area contributed by atoms with E-state index in [1.807, 2.05) is 19.1 Å². The van der Waals surface area contributed by atoms with Gasteiger partial charge in [0.1, 0.15) is 0 Å². The third kappa shape index (κ3) is 3.83. The number of nitrogens with zero attached hydrogens (tertiary/aromatic N) is 2. The van der Waals surface area contributed by atoms with Crippen molar-refractivity contribution in [2.75, 3.05) is 14.2 Å². The van der Waals surface area contributed by atoms with Crippen LogP contribution in [0, 0.1) is 6.92 Å². The first-order chi connectivity index (χ1) is 12.6. The van der Waals surface area contributed by atoms with Crippen molar-refractivity contribution >= 4 is 5.97 Å². The molecule has 7 nitrogen and oxygen atoms in total. The molecule has 0 aliphatic carbocycles. The predicted octanol–water partition coefficient (Wildman–Crippen LogP) is 3.42. The molecule has 1 heterocycles. The number of esters is 1. The van der Waals surface area contributed by atoms with E-state index in [0.717, 1.165) is 5.56 Å². The summed E-state index contributed by atoms with van der Waals surface area (Å²) in [6.45, 7) is 1.84. The van der Waals surface area contributed by atoms with Gasteiger partial charge in [0, 0.05) is 5.56 Å². The van der Waals surface area contributed by atoms with E-state index >= 15 is 0 Å². The van der Waals surface area contributed by atoms with Gasteiger partial charge in [0.15, 0.2) is 18.1 Å². The first-order valence-electron chi connectivity index (χ1n) is 7.89. The second kappa shape index (κ2) is 7.69. The van der Waals surface area contributed by atoms with Gasteiger partial charge in [0.2, 0.25) is 5.82 Å². The van der Waals surface area contributed by atoms with E-state index in [4.69, 9.17) is 18.7 Å². The van der Waals surface area contributed by atoms with Crippen LogP contribution in [-0.4, -0.2) is 30.3 Å². The van der Waals surface area contributed by atoms with Crippen LogP contribution in [0.5, 0.6) is 11.5 Å². The zero-order valence-corrected chi connectivity index (χ0v) is 14.7. The van der Waals surface area contributed by atoms with E-state index in [-0.39, 0.29) is 12.5 Å². The molecule has 0 saturated carbocycles. The van der Waals surface area contributed by atoms with Crippen LogP contribution in [0.3, 0.4) is 0 Å². The number of aromatic nitrogens is 2. The third-order valence-corrected chi connectivity index (χ3v) is 3.72. The Morgan fingerprint density at radius 2 is 1.77 bits per heavy atom. The quantitative estimate of drug-likeness (QED) is 0.627. The topological polar surface area (TPSA) is 83.7 Å². The second-order valence-electron chi connectivity index (χ2n) is 5.52. The number of hydrogen-bond donors (Lipinski definition) is 0. The molecule has 2 aromatic carbocycles. The van der Waals surface area contributed by atoms with Crippen molar-refractivity contribution in [1.82, 2.24) is 10.1 Å². The minimum absolute atomic E-state index is 0.104. The number of methoxy groups -OCH3 is 2. The number of rotatable bonds is 6. The summed E-state index contributed by atoms with van der Waals surface area (Å²) < 4.78 is 20.8. The van der Waals surface area contributed by atoms with E-state index in [0.29, 0.717) is 28.5 Å². The molecule has 3 rings (SSSR count). The van der Waals surface area contributed by atoms with Gasteiger partial charge in [0.05, 0.1) is 19.8 Å². The molecule has 0 atom stereocenters. The predicted molar refractivity (Wildman–Crippen MR) is 93.1 cm³/mol. The molecule has 0 spiro atoms. The molecule has 0 radical (unpaired) electrons. The Morgan fingerprint density at radius 1 is 1.04 bits per heavy atom. The maximum absolute atomic E-state index is 12.0. The van der Waals surface area contributed by atoms with Crippen LogP contribution in [0.25, 0.3) is 11.4 Å². The number of carbonyl (C=O) groups is 1. The average molecular weight is 354 g/mol. The smallest absolute Gasteiger partial charge is 0.338 e. The van der Waals surface area contributed by atoms with Crippen molar-refractivity contribution < 1.29 is 23.5 Å². The van der Waals surface area contributed by atoms with Gasteiger partial charge in [-0.2, -0.15) is 4.98 Å². The van der Waals surface area contributed by atoms with Crippen LogP contribution in [0.4, 0.5) is 0 Å². The van der Waals surface area contributed by atoms with Crippen molar-refractivity contribution in [2.45, 2.75) is 13.5 Å². The standard InChI is InChI=1S/C19H18N2O5/c1-12-4-6-13(7-5-12)19(22)25-11-17-20-18(21-26-17)14-8-9-15(23-2)16(10-14)24-3/h4-10H,11H2,1-3H3. The first kappa shape index (κ1) is 17.5. The molecule has 0 N–H and O–H groups in total. The first-order valence-corrected chi connectivity index (χ1v) is 7.89. The Bertz CT molecular complexity index is 903. The summed E-state index contributed by atoms with van der Waals surface area (Å²) in [5.41, 5.74) is 2.23. The molecular formula is C19H18N2O5. The zero-order valence-electron chi connectivity index (χ0n) is 14.7. The maximum atomic E-state index is 12.0. The van der Waals surface area contributed by atoms with Gasteiger partial charge in [-0.05, 0) is 37.3 Å². The SMILES string of the molecule is COc1ccc(-c2noc(COC(=O)c3ccc(C)cc3)n2)cc1OC. The lowest BCUT2D eigenvalue weighted by Gasteiger charge is -2.07. The summed E-state index contributed by atoms with van der Waals surface area (Å²) in [6.07, 6.45) is 0. The van der Waals surface area contributed by atoms with Crippen LogP contribution in [0.15, 0.2) is 47.0 Å². The van der Waals surface area contributed by atoms with Gasteiger partial charge in [-0.1, -0.05) is 22.9 Å². The van der Waals surface area contributed by atoms with Gasteiger partial charge >= 0.3 is 5.97 Å². The molecule has 0 aliphatic heterocycles. The Balaban J connectivity index is 1.68. The molecule has 26 heavy (non-hydrogen) atoms. The Kier molecular flexibility index (Phi) is 5.17. The third-order valence-electron chi connectivity index (χ3n) is 3.72. The summed E-state index contributed by atoms with van der Waals surface area (Å²) in [7, 11) is 3.11. The molecule has 0 saturated heterocycles. The van der Waals surface area contributed by atoms with Crippen molar-refractivity contribution in [1.29, 1.82) is 0 Å². The summed E-state index contributed by atoms with van der Waals surface area (Å²) >= 11 is 0. The molecule has 134 valence electrons. The van der Waals surface area contributed by atoms with E-state index < -0.39 is 5.97 Å². The van der Waals surface area contributed by atoms with Gasteiger partial charge in [-0.15, -0.1) is 0 Å². The van der Waals surface area contributed by atoms with Crippen molar-refractivity contribution in [2.24, 2.45) is 0 Å². The van der Waals surface area contributed by atoms with Crippen LogP contribution in [0.2, 0.25) is 0 Å². The lowest BCUT2D eigenvalue weighted by atomic mass is 10.1. The van der Waals surface area contributed by atoms with Crippen LogP contribution in [0.1, 0.15) is 21.8 Å². The molecule has 7 heteroatoms. The normalized spacial score (nSPS) is 10.4. The van der Waals surface area contributed by atoms with Gasteiger partial charge in [-0.3, -0.25) is 0 Å². The minimum atomic E-state index is -0.448. The molecule has 0 amide bonds. The number of benzene rings is 2. The molecule has 0 aliphatic rings. The highest BCUT2D eigenvalue weighted by molar-refractivity contribution is 5.89. The summed E-state index contributed by atoms with van der Waals surface area (Å²) in [5.74, 6) is 1.28. The Morgan fingerprint density at radius 3 is 2.46 bits per heavy atom. The number of aryl methyl sites for hydroxylation is 1. The monoisotopic (exact) mass is 354 g/mol. The summed E-state index contributed by atoms with van der Waals surface area (Å²) in [4.78, 5) is 16.3. The fraction of sp³-hybridized carbons (Fsp3) is 0.211. The minimum Gasteiger partial charge on any atom is -0.493 e. The maximum Gasteiger partial charge on any atom is 0.338 e. The zero-order chi connectivity index (χ0) is 18.5. The van der Waals surface area contributed by atoms with Gasteiger partial charge in [0.25, 0.3) is 5.89 Å². The van der Waals surface area contributed by atoms with Crippen molar-refractivity contribution in [3.05, 3.63) is 59.5 Å². The molecule has 0 bridgehead atoms. The van der Waals surface area contributed by atoms with Crippen molar-refractivity contribution in [3.8, 4) is 22.9 Å². The fourth-order valence-electron chi connectivity index (χ4n) is 2.31. The van der Waals surface area contributed by atoms with Crippen LogP contribution >= 0.6 is 0 Å². The fourth-order valence-corrected chi connectivity index (χ4v) is 2.31.